The molecule has 1 heterocycles. The Labute approximate surface area is 118 Å². The lowest BCUT2D eigenvalue weighted by atomic mass is 10.1. The summed E-state index contributed by atoms with van der Waals surface area (Å²) >= 11 is 0. The number of nitrogens with one attached hydrogen (secondary N) is 1. The third-order valence-corrected chi connectivity index (χ3v) is 3.51. The highest BCUT2D eigenvalue weighted by Gasteiger charge is 2.17. The number of amides is 1. The summed E-state index contributed by atoms with van der Waals surface area (Å²) in [6, 6.07) is 7.84. The molecular formula is C15H20N4O. The molecule has 0 unspecified atom stereocenters. The number of rotatable bonds is 4. The van der Waals surface area contributed by atoms with E-state index in [1.165, 1.54) is 0 Å². The summed E-state index contributed by atoms with van der Waals surface area (Å²) in [5, 5.41) is 7.19. The van der Waals surface area contributed by atoms with Crippen LogP contribution in [0.2, 0.25) is 0 Å². The van der Waals surface area contributed by atoms with Crippen LogP contribution in [0.5, 0.6) is 0 Å². The summed E-state index contributed by atoms with van der Waals surface area (Å²) in [6.07, 6.45) is 0. The lowest BCUT2D eigenvalue weighted by molar-refractivity contribution is 0.0949. The largest absolute Gasteiger partial charge is 0.348 e. The smallest absolute Gasteiger partial charge is 0.255 e. The maximum atomic E-state index is 12.3. The molecule has 0 saturated carbocycles. The van der Waals surface area contributed by atoms with E-state index in [-0.39, 0.29) is 5.91 Å². The number of carbonyl (C=O) groups is 1. The highest BCUT2D eigenvalue weighted by molar-refractivity contribution is 5.96. The Bertz CT molecular complexity index is 631. The molecule has 20 heavy (non-hydrogen) atoms. The quantitative estimate of drug-likeness (QED) is 0.884. The topological polar surface area (TPSA) is 72.9 Å². The molecule has 2 aromatic rings. The highest BCUT2D eigenvalue weighted by Crippen LogP contribution is 2.13. The van der Waals surface area contributed by atoms with Crippen molar-refractivity contribution in [2.45, 2.75) is 26.9 Å². The first-order valence-corrected chi connectivity index (χ1v) is 6.59. The fraction of sp³-hybridized carbons (Fsp3) is 0.333. The minimum absolute atomic E-state index is 0.0973. The summed E-state index contributed by atoms with van der Waals surface area (Å²) in [6.45, 7) is 4.68. The van der Waals surface area contributed by atoms with Crippen LogP contribution < -0.4 is 11.1 Å². The molecule has 0 aliphatic heterocycles. The minimum atomic E-state index is -0.0973. The average Bonchev–Trinajstić information content (AvgIpc) is 2.70. The van der Waals surface area contributed by atoms with Gasteiger partial charge < -0.3 is 11.1 Å². The lowest BCUT2D eigenvalue weighted by Crippen LogP contribution is -2.24. The van der Waals surface area contributed by atoms with Gasteiger partial charge in [-0.2, -0.15) is 5.10 Å². The number of hydrogen-bond acceptors (Lipinski definition) is 3. The van der Waals surface area contributed by atoms with E-state index in [9.17, 15) is 4.79 Å². The fourth-order valence-corrected chi connectivity index (χ4v) is 2.30. The van der Waals surface area contributed by atoms with Gasteiger partial charge in [0.05, 0.1) is 11.3 Å². The third-order valence-electron chi connectivity index (χ3n) is 3.51. The van der Waals surface area contributed by atoms with Crippen molar-refractivity contribution in [1.82, 2.24) is 15.1 Å². The van der Waals surface area contributed by atoms with Gasteiger partial charge in [0.1, 0.15) is 0 Å². The van der Waals surface area contributed by atoms with Crippen molar-refractivity contribution < 1.29 is 4.79 Å². The number of aryl methyl sites for hydroxylation is 2. The van der Waals surface area contributed by atoms with Gasteiger partial charge in [-0.1, -0.05) is 24.3 Å². The van der Waals surface area contributed by atoms with E-state index in [0.29, 0.717) is 18.7 Å². The monoisotopic (exact) mass is 272 g/mol. The molecule has 0 atom stereocenters. The van der Waals surface area contributed by atoms with Gasteiger partial charge in [0, 0.05) is 25.8 Å². The predicted octanol–water partition coefficient (Wildman–Crippen LogP) is 1.43. The van der Waals surface area contributed by atoms with Crippen LogP contribution in [0, 0.1) is 13.8 Å². The van der Waals surface area contributed by atoms with Crippen molar-refractivity contribution in [2.75, 3.05) is 0 Å². The molecule has 2 rings (SSSR count). The zero-order valence-electron chi connectivity index (χ0n) is 12.1. The van der Waals surface area contributed by atoms with Crippen LogP contribution in [-0.2, 0) is 20.1 Å². The Kier molecular flexibility index (Phi) is 4.20. The number of carbonyl (C=O) groups excluding carboxylic acids is 1. The van der Waals surface area contributed by atoms with E-state index >= 15 is 0 Å². The van der Waals surface area contributed by atoms with Gasteiger partial charge in [-0.25, -0.2) is 0 Å². The second kappa shape index (κ2) is 5.88. The molecule has 5 heteroatoms. The van der Waals surface area contributed by atoms with Gasteiger partial charge in [-0.3, -0.25) is 9.48 Å². The number of nitrogens with zero attached hydrogens (tertiary/aromatic N) is 2. The van der Waals surface area contributed by atoms with E-state index in [1.807, 2.05) is 45.2 Å². The Morgan fingerprint density at radius 3 is 2.50 bits per heavy atom. The van der Waals surface area contributed by atoms with E-state index in [1.54, 1.807) is 4.68 Å². The first-order chi connectivity index (χ1) is 9.54. The van der Waals surface area contributed by atoms with E-state index in [0.717, 1.165) is 22.5 Å². The third kappa shape index (κ3) is 2.72. The number of hydrogen-bond donors (Lipinski definition) is 2. The molecule has 106 valence electrons. The van der Waals surface area contributed by atoms with Crippen LogP contribution in [0.1, 0.15) is 32.9 Å². The Balaban J connectivity index is 2.13. The molecule has 0 saturated heterocycles. The average molecular weight is 272 g/mol. The molecule has 0 bridgehead atoms. The Hall–Kier alpha value is -2.14. The van der Waals surface area contributed by atoms with E-state index in [4.69, 9.17) is 5.73 Å². The van der Waals surface area contributed by atoms with Crippen molar-refractivity contribution in [3.63, 3.8) is 0 Å². The summed E-state index contributed by atoms with van der Waals surface area (Å²) in [5.41, 5.74) is 10.0. The van der Waals surface area contributed by atoms with Crippen LogP contribution >= 0.6 is 0 Å². The van der Waals surface area contributed by atoms with Gasteiger partial charge in [0.25, 0.3) is 5.91 Å². The van der Waals surface area contributed by atoms with Crippen molar-refractivity contribution >= 4 is 5.91 Å². The molecule has 0 aliphatic carbocycles. The second-order valence-corrected chi connectivity index (χ2v) is 4.82. The summed E-state index contributed by atoms with van der Waals surface area (Å²) in [7, 11) is 1.84. The number of nitrogens with two attached hydrogens (primary N) is 1. The molecule has 3 N–H and O–H groups in total. The van der Waals surface area contributed by atoms with Crippen LogP contribution in [0.25, 0.3) is 0 Å². The molecule has 1 amide bonds. The zero-order valence-corrected chi connectivity index (χ0v) is 12.1. The van der Waals surface area contributed by atoms with Crippen LogP contribution in [0.4, 0.5) is 0 Å². The van der Waals surface area contributed by atoms with Crippen LogP contribution in [-0.4, -0.2) is 15.7 Å². The summed E-state index contributed by atoms with van der Waals surface area (Å²) < 4.78 is 1.72. The van der Waals surface area contributed by atoms with Crippen molar-refractivity contribution in [1.29, 1.82) is 0 Å². The van der Waals surface area contributed by atoms with Crippen LogP contribution in [0.3, 0.4) is 0 Å². The predicted molar refractivity (Wildman–Crippen MR) is 78.2 cm³/mol. The van der Waals surface area contributed by atoms with Crippen molar-refractivity contribution in [3.8, 4) is 0 Å². The van der Waals surface area contributed by atoms with Crippen molar-refractivity contribution in [2.24, 2.45) is 12.8 Å². The Morgan fingerprint density at radius 2 is 1.95 bits per heavy atom. The molecule has 0 spiro atoms. The number of aromatic nitrogens is 2. The summed E-state index contributed by atoms with van der Waals surface area (Å²) in [5.74, 6) is -0.0973. The molecule has 0 aliphatic rings. The van der Waals surface area contributed by atoms with Gasteiger partial charge in [-0.15, -0.1) is 0 Å². The first-order valence-electron chi connectivity index (χ1n) is 6.59. The normalized spacial score (nSPS) is 10.6. The maximum absolute atomic E-state index is 12.3. The lowest BCUT2D eigenvalue weighted by Gasteiger charge is -2.09. The van der Waals surface area contributed by atoms with Gasteiger partial charge >= 0.3 is 0 Å². The molecular weight excluding hydrogens is 252 g/mol. The van der Waals surface area contributed by atoms with Gasteiger partial charge in [-0.05, 0) is 25.0 Å². The van der Waals surface area contributed by atoms with E-state index in [2.05, 4.69) is 10.4 Å². The van der Waals surface area contributed by atoms with Gasteiger partial charge in [0.15, 0.2) is 0 Å². The zero-order chi connectivity index (χ0) is 14.7. The maximum Gasteiger partial charge on any atom is 0.255 e. The molecule has 1 aromatic heterocycles. The molecule has 0 radical (unpaired) electrons. The van der Waals surface area contributed by atoms with Crippen molar-refractivity contribution in [3.05, 3.63) is 52.3 Å². The summed E-state index contributed by atoms with van der Waals surface area (Å²) in [4.78, 5) is 12.3. The highest BCUT2D eigenvalue weighted by atomic mass is 16.1. The SMILES string of the molecule is Cc1nn(C)c(C)c1C(=O)NCc1ccccc1CN. The molecule has 0 fully saturated rings. The fourth-order valence-electron chi connectivity index (χ4n) is 2.30. The minimum Gasteiger partial charge on any atom is -0.348 e. The Morgan fingerprint density at radius 1 is 1.30 bits per heavy atom. The molecule has 1 aromatic carbocycles. The first kappa shape index (κ1) is 14.3. The second-order valence-electron chi connectivity index (χ2n) is 4.82. The van der Waals surface area contributed by atoms with Crippen LogP contribution in [0.15, 0.2) is 24.3 Å². The van der Waals surface area contributed by atoms with E-state index < -0.39 is 0 Å². The standard InChI is InChI=1S/C15H20N4O/c1-10-14(11(2)19(3)18-10)15(20)17-9-13-7-5-4-6-12(13)8-16/h4-7H,8-9,16H2,1-3H3,(H,17,20). The molecule has 5 nitrogen and oxygen atoms in total. The van der Waals surface area contributed by atoms with Gasteiger partial charge in [0.2, 0.25) is 0 Å². The number of benzene rings is 1.